The number of amides is 2. The zero-order valence-electron chi connectivity index (χ0n) is 14.0. The van der Waals surface area contributed by atoms with Gasteiger partial charge in [0.05, 0.1) is 12.8 Å². The minimum Gasteiger partial charge on any atom is -0.467 e. The van der Waals surface area contributed by atoms with Gasteiger partial charge in [0.2, 0.25) is 11.8 Å². The molecule has 2 heterocycles. The number of amidine groups is 1. The summed E-state index contributed by atoms with van der Waals surface area (Å²) >= 11 is 1.23. The highest BCUT2D eigenvalue weighted by Gasteiger charge is 2.32. The number of anilines is 1. The summed E-state index contributed by atoms with van der Waals surface area (Å²) in [5.41, 5.74) is 1.15. The number of aliphatic imine (C=N–C) groups is 1. The monoisotopic (exact) mass is 371 g/mol. The van der Waals surface area contributed by atoms with Crippen LogP contribution in [0.15, 0.2) is 52.1 Å². The van der Waals surface area contributed by atoms with Crippen LogP contribution >= 0.6 is 11.8 Å². The van der Waals surface area contributed by atoms with Crippen LogP contribution in [0.3, 0.4) is 0 Å². The molecule has 0 radical (unpaired) electrons. The maximum absolute atomic E-state index is 12.2. The number of furan rings is 1. The Hall–Kier alpha value is -2.87. The Morgan fingerprint density at radius 1 is 1.27 bits per heavy atom. The Morgan fingerprint density at radius 3 is 2.69 bits per heavy atom. The van der Waals surface area contributed by atoms with E-state index >= 15 is 0 Å². The minimum atomic E-state index is -0.526. The maximum atomic E-state index is 12.2. The number of nitrogens with zero attached hydrogens (tertiary/aromatic N) is 1. The van der Waals surface area contributed by atoms with Crippen LogP contribution in [0.25, 0.3) is 0 Å². The van der Waals surface area contributed by atoms with Crippen molar-refractivity contribution >= 4 is 40.2 Å². The second-order valence-electron chi connectivity index (χ2n) is 5.68. The van der Waals surface area contributed by atoms with Crippen molar-refractivity contribution in [2.45, 2.75) is 25.1 Å². The number of benzene rings is 1. The number of Topliss-reactive ketones (excluding diaryl/α,β-unsaturated/α-hetero) is 1. The fourth-order valence-electron chi connectivity index (χ4n) is 2.34. The molecule has 1 unspecified atom stereocenters. The van der Waals surface area contributed by atoms with Crippen molar-refractivity contribution in [3.63, 3.8) is 0 Å². The summed E-state index contributed by atoms with van der Waals surface area (Å²) in [6.07, 6.45) is 1.59. The lowest BCUT2D eigenvalue weighted by molar-refractivity contribution is -0.122. The smallest absolute Gasteiger partial charge is 0.240 e. The Morgan fingerprint density at radius 2 is 2.04 bits per heavy atom. The number of carbonyl (C=O) groups is 3. The largest absolute Gasteiger partial charge is 0.467 e. The summed E-state index contributed by atoms with van der Waals surface area (Å²) in [7, 11) is 0. The Balaban J connectivity index is 1.53. The van der Waals surface area contributed by atoms with Crippen LogP contribution in [0.5, 0.6) is 0 Å². The zero-order valence-corrected chi connectivity index (χ0v) is 14.8. The van der Waals surface area contributed by atoms with Crippen molar-refractivity contribution < 1.29 is 18.8 Å². The molecule has 1 aliphatic rings. The van der Waals surface area contributed by atoms with Gasteiger partial charge in [0.15, 0.2) is 11.0 Å². The van der Waals surface area contributed by atoms with E-state index in [0.29, 0.717) is 28.7 Å². The topological polar surface area (TPSA) is 101 Å². The van der Waals surface area contributed by atoms with Crippen LogP contribution in [0.4, 0.5) is 5.69 Å². The molecule has 3 rings (SSSR count). The maximum Gasteiger partial charge on any atom is 0.240 e. The first-order chi connectivity index (χ1) is 12.5. The van der Waals surface area contributed by atoms with Gasteiger partial charge >= 0.3 is 0 Å². The molecule has 2 N–H and O–H groups in total. The number of hydrogen-bond acceptors (Lipinski definition) is 6. The van der Waals surface area contributed by atoms with Crippen molar-refractivity contribution in [3.8, 4) is 0 Å². The second kappa shape index (κ2) is 8.01. The van der Waals surface area contributed by atoms with Crippen molar-refractivity contribution in [1.82, 2.24) is 5.32 Å². The van der Waals surface area contributed by atoms with Crippen LogP contribution in [0, 0.1) is 0 Å². The van der Waals surface area contributed by atoms with E-state index in [1.54, 1.807) is 42.7 Å². The fraction of sp³-hybridized carbons (Fsp3) is 0.222. The standard InChI is InChI=1S/C18H17N3O4S/c1-11(22)12-4-6-13(7-5-12)20-16(23)9-15-17(24)21-18(26-15)19-10-14-3-2-8-25-14/h2-8,15H,9-10H2,1H3,(H,20,23)(H,19,21,24). The van der Waals surface area contributed by atoms with Gasteiger partial charge in [-0.2, -0.15) is 0 Å². The van der Waals surface area contributed by atoms with Crippen LogP contribution in [-0.4, -0.2) is 28.0 Å². The molecular formula is C18H17N3O4S. The van der Waals surface area contributed by atoms with Gasteiger partial charge in [-0.1, -0.05) is 11.8 Å². The molecule has 1 atom stereocenters. The van der Waals surface area contributed by atoms with E-state index in [0.717, 1.165) is 0 Å². The molecule has 0 spiro atoms. The number of rotatable bonds is 6. The van der Waals surface area contributed by atoms with Gasteiger partial charge in [-0.05, 0) is 43.3 Å². The number of carbonyl (C=O) groups excluding carboxylic acids is 3. The third kappa shape index (κ3) is 4.60. The van der Waals surface area contributed by atoms with Gasteiger partial charge in [-0.3, -0.25) is 19.4 Å². The third-order valence-corrected chi connectivity index (χ3v) is 4.80. The molecule has 1 aromatic carbocycles. The number of thioether (sulfide) groups is 1. The van der Waals surface area contributed by atoms with Crippen LogP contribution in [0.2, 0.25) is 0 Å². The molecule has 1 fully saturated rings. The Bertz CT molecular complexity index is 844. The number of hydrogen-bond donors (Lipinski definition) is 2. The summed E-state index contributed by atoms with van der Waals surface area (Å²) in [6, 6.07) is 10.2. The molecule has 1 saturated heterocycles. The highest BCUT2D eigenvalue weighted by molar-refractivity contribution is 8.15. The molecule has 0 aliphatic carbocycles. The van der Waals surface area contributed by atoms with Crippen molar-refractivity contribution in [1.29, 1.82) is 0 Å². The molecule has 0 saturated carbocycles. The minimum absolute atomic E-state index is 0.0325. The normalized spacial score (nSPS) is 18.0. The van der Waals surface area contributed by atoms with E-state index in [1.165, 1.54) is 18.7 Å². The van der Waals surface area contributed by atoms with Crippen LogP contribution in [0.1, 0.15) is 29.5 Å². The summed E-state index contributed by atoms with van der Waals surface area (Å²) in [5, 5.41) is 5.35. The van der Waals surface area contributed by atoms with Crippen molar-refractivity contribution in [3.05, 3.63) is 54.0 Å². The second-order valence-corrected chi connectivity index (χ2v) is 6.87. The predicted octanol–water partition coefficient (Wildman–Crippen LogP) is 2.60. The molecule has 7 nitrogen and oxygen atoms in total. The summed E-state index contributed by atoms with van der Waals surface area (Å²) in [5.74, 6) is 0.140. The van der Waals surface area contributed by atoms with Gasteiger partial charge in [0, 0.05) is 17.7 Å². The summed E-state index contributed by atoms with van der Waals surface area (Å²) < 4.78 is 5.19. The van der Waals surface area contributed by atoms with E-state index in [4.69, 9.17) is 4.42 Å². The molecular weight excluding hydrogens is 354 g/mol. The van der Waals surface area contributed by atoms with E-state index in [9.17, 15) is 14.4 Å². The van der Waals surface area contributed by atoms with Crippen molar-refractivity contribution in [2.24, 2.45) is 4.99 Å². The molecule has 0 bridgehead atoms. The molecule has 2 amide bonds. The number of ketones is 1. The summed E-state index contributed by atoms with van der Waals surface area (Å²) in [4.78, 5) is 39.7. The molecule has 1 aliphatic heterocycles. The lowest BCUT2D eigenvalue weighted by atomic mass is 10.1. The first-order valence-electron chi connectivity index (χ1n) is 7.96. The molecule has 134 valence electrons. The van der Waals surface area contributed by atoms with Gasteiger partial charge < -0.3 is 15.1 Å². The highest BCUT2D eigenvalue weighted by atomic mass is 32.2. The predicted molar refractivity (Wildman–Crippen MR) is 99.1 cm³/mol. The summed E-state index contributed by atoms with van der Waals surface area (Å²) in [6.45, 7) is 1.81. The average molecular weight is 371 g/mol. The fourth-order valence-corrected chi connectivity index (χ4v) is 3.30. The SMILES string of the molecule is CC(=O)c1ccc(NC(=O)CC2SC(=NCc3ccco3)NC2=O)cc1. The van der Waals surface area contributed by atoms with E-state index in [2.05, 4.69) is 15.6 Å². The van der Waals surface area contributed by atoms with E-state index < -0.39 is 5.25 Å². The number of nitrogens with one attached hydrogen (secondary N) is 2. The van der Waals surface area contributed by atoms with E-state index in [1.807, 2.05) is 0 Å². The third-order valence-electron chi connectivity index (χ3n) is 3.68. The van der Waals surface area contributed by atoms with Gasteiger partial charge in [-0.15, -0.1) is 0 Å². The Labute approximate surface area is 154 Å². The Kier molecular flexibility index (Phi) is 5.52. The van der Waals surface area contributed by atoms with Gasteiger partial charge in [0.25, 0.3) is 0 Å². The van der Waals surface area contributed by atoms with Crippen LogP contribution in [-0.2, 0) is 16.1 Å². The lowest BCUT2D eigenvalue weighted by Crippen LogP contribution is -2.28. The zero-order chi connectivity index (χ0) is 18.5. The van der Waals surface area contributed by atoms with Gasteiger partial charge in [-0.25, -0.2) is 0 Å². The first kappa shape index (κ1) is 17.9. The highest BCUT2D eigenvalue weighted by Crippen LogP contribution is 2.23. The molecule has 8 heteroatoms. The quantitative estimate of drug-likeness (QED) is 0.760. The lowest BCUT2D eigenvalue weighted by Gasteiger charge is -2.07. The molecule has 2 aromatic rings. The molecule has 1 aromatic heterocycles. The average Bonchev–Trinajstić information content (AvgIpc) is 3.23. The van der Waals surface area contributed by atoms with E-state index in [-0.39, 0.29) is 24.0 Å². The van der Waals surface area contributed by atoms with Crippen molar-refractivity contribution in [2.75, 3.05) is 5.32 Å². The first-order valence-corrected chi connectivity index (χ1v) is 8.84. The van der Waals surface area contributed by atoms with Crippen LogP contribution < -0.4 is 10.6 Å². The molecule has 26 heavy (non-hydrogen) atoms. The van der Waals surface area contributed by atoms with Gasteiger partial charge in [0.1, 0.15) is 11.0 Å².